The van der Waals surface area contributed by atoms with Gasteiger partial charge < -0.3 is 10.1 Å². The average Bonchev–Trinajstić information content (AvgIpc) is 2.58. The molecule has 0 saturated heterocycles. The van der Waals surface area contributed by atoms with Crippen LogP contribution in [0, 0.1) is 5.82 Å². The highest BCUT2D eigenvalue weighted by molar-refractivity contribution is 7.92. The molecule has 2 aromatic carbocycles. The molecule has 6 nitrogen and oxygen atoms in total. The number of sulfonamides is 1. The van der Waals surface area contributed by atoms with Gasteiger partial charge in [-0.2, -0.15) is 0 Å². The summed E-state index contributed by atoms with van der Waals surface area (Å²) >= 11 is 0. The Bertz CT molecular complexity index is 899. The summed E-state index contributed by atoms with van der Waals surface area (Å²) in [6.45, 7) is 3.95. The van der Waals surface area contributed by atoms with E-state index in [1.54, 1.807) is 18.2 Å². The van der Waals surface area contributed by atoms with Gasteiger partial charge >= 0.3 is 0 Å². The van der Waals surface area contributed by atoms with E-state index in [9.17, 15) is 17.6 Å². The number of ether oxygens (including phenoxy) is 1. The van der Waals surface area contributed by atoms with Crippen LogP contribution in [0.4, 0.5) is 15.8 Å². The van der Waals surface area contributed by atoms with E-state index in [-0.39, 0.29) is 25.0 Å². The van der Waals surface area contributed by atoms with E-state index < -0.39 is 15.8 Å². The summed E-state index contributed by atoms with van der Waals surface area (Å²) in [6, 6.07) is 12.3. The quantitative estimate of drug-likeness (QED) is 0.685. The molecule has 28 heavy (non-hydrogen) atoms. The molecule has 0 bridgehead atoms. The standard InChI is InChI=1S/C20H25FN2O4S/c1-15(2)27-19-7-4-6-17(14-19)22-20(24)8-5-13-23(28(3,25)26)18-11-9-16(21)10-12-18/h4,6-7,9-12,14-15H,5,8,13H2,1-3H3,(H,22,24). The molecule has 2 rings (SSSR count). The summed E-state index contributed by atoms with van der Waals surface area (Å²) in [5.74, 6) is -0.0122. The Kier molecular flexibility index (Phi) is 7.39. The highest BCUT2D eigenvalue weighted by atomic mass is 32.2. The van der Waals surface area contributed by atoms with Gasteiger partial charge in [0.05, 0.1) is 18.0 Å². The Balaban J connectivity index is 1.93. The maximum Gasteiger partial charge on any atom is 0.232 e. The minimum Gasteiger partial charge on any atom is -0.491 e. The first kappa shape index (κ1) is 21.7. The molecule has 0 fully saturated rings. The average molecular weight is 408 g/mol. The van der Waals surface area contributed by atoms with E-state index in [1.165, 1.54) is 24.3 Å². The van der Waals surface area contributed by atoms with E-state index in [1.807, 2.05) is 19.9 Å². The molecule has 0 aliphatic rings. The van der Waals surface area contributed by atoms with Gasteiger partial charge in [0.2, 0.25) is 15.9 Å². The summed E-state index contributed by atoms with van der Waals surface area (Å²) in [4.78, 5) is 12.2. The van der Waals surface area contributed by atoms with Crippen LogP contribution >= 0.6 is 0 Å². The molecule has 1 amide bonds. The van der Waals surface area contributed by atoms with Gasteiger partial charge in [0.1, 0.15) is 11.6 Å². The van der Waals surface area contributed by atoms with Crippen molar-refractivity contribution in [2.45, 2.75) is 32.8 Å². The predicted octanol–water partition coefficient (Wildman–Crippen LogP) is 3.80. The molecule has 2 aromatic rings. The summed E-state index contributed by atoms with van der Waals surface area (Å²) in [5.41, 5.74) is 0.976. The van der Waals surface area contributed by atoms with Crippen molar-refractivity contribution in [3.05, 3.63) is 54.3 Å². The topological polar surface area (TPSA) is 75.7 Å². The number of hydrogen-bond donors (Lipinski definition) is 1. The van der Waals surface area contributed by atoms with Crippen LogP contribution < -0.4 is 14.4 Å². The molecule has 0 saturated carbocycles. The van der Waals surface area contributed by atoms with Crippen molar-refractivity contribution in [3.63, 3.8) is 0 Å². The number of amides is 1. The largest absolute Gasteiger partial charge is 0.491 e. The highest BCUT2D eigenvalue weighted by Gasteiger charge is 2.17. The zero-order valence-electron chi connectivity index (χ0n) is 16.2. The van der Waals surface area contributed by atoms with Crippen LogP contribution in [0.25, 0.3) is 0 Å². The lowest BCUT2D eigenvalue weighted by Crippen LogP contribution is -2.31. The predicted molar refractivity (Wildman–Crippen MR) is 109 cm³/mol. The number of nitrogens with one attached hydrogen (secondary N) is 1. The van der Waals surface area contributed by atoms with Gasteiger partial charge in [-0.1, -0.05) is 6.07 Å². The molecular weight excluding hydrogens is 383 g/mol. The van der Waals surface area contributed by atoms with Gasteiger partial charge in [-0.05, 0) is 56.7 Å². The number of nitrogens with zero attached hydrogens (tertiary/aromatic N) is 1. The first-order chi connectivity index (χ1) is 13.1. The first-order valence-electron chi connectivity index (χ1n) is 8.95. The molecule has 0 aliphatic carbocycles. The summed E-state index contributed by atoms with van der Waals surface area (Å²) in [6.07, 6.45) is 1.57. The minimum atomic E-state index is -3.54. The maximum absolute atomic E-state index is 13.1. The lowest BCUT2D eigenvalue weighted by molar-refractivity contribution is -0.116. The lowest BCUT2D eigenvalue weighted by Gasteiger charge is -2.22. The van der Waals surface area contributed by atoms with Crippen molar-refractivity contribution in [1.82, 2.24) is 0 Å². The van der Waals surface area contributed by atoms with Crippen LogP contribution in [0.1, 0.15) is 26.7 Å². The number of hydrogen-bond acceptors (Lipinski definition) is 4. The molecule has 0 heterocycles. The van der Waals surface area contributed by atoms with E-state index >= 15 is 0 Å². The Labute approximate surface area is 165 Å². The van der Waals surface area contributed by atoms with Gasteiger partial charge in [-0.15, -0.1) is 0 Å². The minimum absolute atomic E-state index is 0.0272. The van der Waals surface area contributed by atoms with E-state index in [0.29, 0.717) is 23.5 Å². The second kappa shape index (κ2) is 9.54. The lowest BCUT2D eigenvalue weighted by atomic mass is 10.2. The smallest absolute Gasteiger partial charge is 0.232 e. The number of benzene rings is 2. The van der Waals surface area contributed by atoms with Crippen LogP contribution in [0.2, 0.25) is 0 Å². The molecule has 8 heteroatoms. The molecular formula is C20H25FN2O4S. The molecule has 1 N–H and O–H groups in total. The Morgan fingerprint density at radius 3 is 2.46 bits per heavy atom. The Morgan fingerprint density at radius 2 is 1.86 bits per heavy atom. The van der Waals surface area contributed by atoms with Gasteiger partial charge in [0, 0.05) is 24.7 Å². The third kappa shape index (κ3) is 6.84. The summed E-state index contributed by atoms with van der Waals surface area (Å²) in [7, 11) is -3.54. The van der Waals surface area contributed by atoms with Crippen LogP contribution in [0.15, 0.2) is 48.5 Å². The molecule has 0 spiro atoms. The van der Waals surface area contributed by atoms with Gasteiger partial charge in [0.25, 0.3) is 0 Å². The molecule has 0 unspecified atom stereocenters. The van der Waals surface area contributed by atoms with Crippen molar-refractivity contribution < 1.29 is 22.3 Å². The van der Waals surface area contributed by atoms with Gasteiger partial charge in [0.15, 0.2) is 0 Å². The maximum atomic E-state index is 13.1. The van der Waals surface area contributed by atoms with Crippen LogP contribution in [0.3, 0.4) is 0 Å². The van der Waals surface area contributed by atoms with Crippen molar-refractivity contribution in [2.24, 2.45) is 0 Å². The molecule has 0 aliphatic heterocycles. The Hall–Kier alpha value is -2.61. The fourth-order valence-corrected chi connectivity index (χ4v) is 3.59. The zero-order chi connectivity index (χ0) is 20.7. The third-order valence-corrected chi connectivity index (χ3v) is 4.96. The van der Waals surface area contributed by atoms with E-state index in [0.717, 1.165) is 10.6 Å². The van der Waals surface area contributed by atoms with Crippen LogP contribution in [-0.2, 0) is 14.8 Å². The Morgan fingerprint density at radius 1 is 1.18 bits per heavy atom. The fourth-order valence-electron chi connectivity index (χ4n) is 2.62. The van der Waals surface area contributed by atoms with Crippen LogP contribution in [-0.4, -0.2) is 33.2 Å². The molecule has 152 valence electrons. The third-order valence-electron chi connectivity index (χ3n) is 3.77. The first-order valence-corrected chi connectivity index (χ1v) is 10.8. The second-order valence-corrected chi connectivity index (χ2v) is 8.56. The van der Waals surface area contributed by atoms with E-state index in [4.69, 9.17) is 4.74 Å². The van der Waals surface area contributed by atoms with E-state index in [2.05, 4.69) is 5.32 Å². The van der Waals surface area contributed by atoms with Crippen LogP contribution in [0.5, 0.6) is 5.75 Å². The second-order valence-electron chi connectivity index (χ2n) is 6.66. The number of carbonyl (C=O) groups excluding carboxylic acids is 1. The van der Waals surface area contributed by atoms with Gasteiger partial charge in [-0.25, -0.2) is 12.8 Å². The van der Waals surface area contributed by atoms with Crippen molar-refractivity contribution in [3.8, 4) is 5.75 Å². The SMILES string of the molecule is CC(C)Oc1cccc(NC(=O)CCCN(c2ccc(F)cc2)S(C)(=O)=O)c1. The fraction of sp³-hybridized carbons (Fsp3) is 0.350. The molecule has 0 atom stereocenters. The van der Waals surface area contributed by atoms with Crippen molar-refractivity contribution in [1.29, 1.82) is 0 Å². The van der Waals surface area contributed by atoms with Crippen molar-refractivity contribution >= 4 is 27.3 Å². The number of carbonyl (C=O) groups is 1. The number of anilines is 2. The monoisotopic (exact) mass is 408 g/mol. The number of rotatable bonds is 9. The van der Waals surface area contributed by atoms with Crippen molar-refractivity contribution in [2.75, 3.05) is 22.4 Å². The summed E-state index contributed by atoms with van der Waals surface area (Å²) in [5, 5.41) is 2.78. The number of halogens is 1. The molecule has 0 radical (unpaired) electrons. The normalized spacial score (nSPS) is 11.3. The van der Waals surface area contributed by atoms with Gasteiger partial charge in [-0.3, -0.25) is 9.10 Å². The zero-order valence-corrected chi connectivity index (χ0v) is 17.0. The molecule has 0 aromatic heterocycles. The summed E-state index contributed by atoms with van der Waals surface area (Å²) < 4.78 is 43.9. The highest BCUT2D eigenvalue weighted by Crippen LogP contribution is 2.20.